The monoisotopic (exact) mass is 221 g/mol. The number of aryl methyl sites for hydroxylation is 1. The second-order valence-corrected chi connectivity index (χ2v) is 3.43. The Morgan fingerprint density at radius 1 is 1.40 bits per heavy atom. The third kappa shape index (κ3) is 3.27. The zero-order valence-electron chi connectivity index (χ0n) is 8.69. The fourth-order valence-electron chi connectivity index (χ4n) is 1.40. The molecule has 1 rings (SSSR count). The van der Waals surface area contributed by atoms with Gasteiger partial charge in [-0.25, -0.2) is 0 Å². The van der Waals surface area contributed by atoms with Crippen molar-refractivity contribution in [1.29, 1.82) is 0 Å². The highest BCUT2D eigenvalue weighted by atomic mass is 19.4. The van der Waals surface area contributed by atoms with Crippen LogP contribution in [0.25, 0.3) is 0 Å². The van der Waals surface area contributed by atoms with Gasteiger partial charge in [-0.3, -0.25) is 0 Å². The molecule has 0 aliphatic heterocycles. The van der Waals surface area contributed by atoms with Crippen LogP contribution in [0.2, 0.25) is 0 Å². The molecule has 1 atom stereocenters. The van der Waals surface area contributed by atoms with Gasteiger partial charge in [0.1, 0.15) is 17.4 Å². The standard InChI is InChI=1S/C10H14F3NO/c1-7-3-4-9(15-7)8(5-6-14-2)10(11,12)13/h3-4,8,14H,5-6H2,1-2H3. The fraction of sp³-hybridized carbons (Fsp3) is 0.600. The summed E-state index contributed by atoms with van der Waals surface area (Å²) in [5.41, 5.74) is 0. The molecule has 0 amide bonds. The molecule has 0 saturated carbocycles. The van der Waals surface area contributed by atoms with Crippen LogP contribution in [-0.4, -0.2) is 19.8 Å². The minimum atomic E-state index is -4.25. The summed E-state index contributed by atoms with van der Waals surface area (Å²) >= 11 is 0. The molecule has 0 fully saturated rings. The van der Waals surface area contributed by atoms with Gasteiger partial charge in [0, 0.05) is 0 Å². The van der Waals surface area contributed by atoms with E-state index in [0.29, 0.717) is 12.3 Å². The molecule has 0 aromatic carbocycles. The lowest BCUT2D eigenvalue weighted by molar-refractivity contribution is -0.155. The number of alkyl halides is 3. The molecule has 1 unspecified atom stereocenters. The zero-order valence-corrected chi connectivity index (χ0v) is 8.69. The minimum absolute atomic E-state index is 0.00440. The molecular weight excluding hydrogens is 207 g/mol. The van der Waals surface area contributed by atoms with Crippen molar-refractivity contribution in [3.05, 3.63) is 23.7 Å². The molecule has 0 radical (unpaired) electrons. The molecule has 1 aromatic heterocycles. The predicted molar refractivity (Wildman–Crippen MR) is 50.8 cm³/mol. The van der Waals surface area contributed by atoms with Gasteiger partial charge < -0.3 is 9.73 Å². The number of hydrogen-bond acceptors (Lipinski definition) is 2. The maximum atomic E-state index is 12.7. The Kier molecular flexibility index (Phi) is 3.79. The number of hydrogen-bond donors (Lipinski definition) is 1. The Morgan fingerprint density at radius 3 is 2.47 bits per heavy atom. The molecule has 2 nitrogen and oxygen atoms in total. The Labute approximate surface area is 86.5 Å². The molecule has 15 heavy (non-hydrogen) atoms. The summed E-state index contributed by atoms with van der Waals surface area (Å²) in [6.07, 6.45) is -4.26. The van der Waals surface area contributed by atoms with Crippen LogP contribution in [-0.2, 0) is 0 Å². The van der Waals surface area contributed by atoms with Gasteiger partial charge >= 0.3 is 6.18 Å². The van der Waals surface area contributed by atoms with E-state index in [-0.39, 0.29) is 12.2 Å². The Hall–Kier alpha value is -0.970. The predicted octanol–water partition coefficient (Wildman–Crippen LogP) is 2.84. The van der Waals surface area contributed by atoms with Crippen molar-refractivity contribution >= 4 is 0 Å². The zero-order chi connectivity index (χ0) is 11.5. The van der Waals surface area contributed by atoms with Crippen LogP contribution in [0.15, 0.2) is 16.5 Å². The number of halogens is 3. The number of furan rings is 1. The first-order chi connectivity index (χ1) is 6.95. The van der Waals surface area contributed by atoms with Crippen LogP contribution in [0, 0.1) is 6.92 Å². The molecule has 0 aliphatic rings. The highest BCUT2D eigenvalue weighted by Gasteiger charge is 2.42. The minimum Gasteiger partial charge on any atom is -0.466 e. The largest absolute Gasteiger partial charge is 0.466 e. The van der Waals surface area contributed by atoms with Gasteiger partial charge in [-0.15, -0.1) is 0 Å². The highest BCUT2D eigenvalue weighted by Crippen LogP contribution is 2.37. The number of nitrogens with one attached hydrogen (secondary N) is 1. The number of rotatable bonds is 4. The molecule has 0 bridgehead atoms. The van der Waals surface area contributed by atoms with Gasteiger partial charge in [0.2, 0.25) is 0 Å². The van der Waals surface area contributed by atoms with Gasteiger partial charge in [-0.05, 0) is 39.1 Å². The normalized spacial score (nSPS) is 14.2. The summed E-state index contributed by atoms with van der Waals surface area (Å²) in [7, 11) is 1.63. The van der Waals surface area contributed by atoms with Crippen molar-refractivity contribution in [3.8, 4) is 0 Å². The van der Waals surface area contributed by atoms with Crippen molar-refractivity contribution in [2.45, 2.75) is 25.4 Å². The van der Waals surface area contributed by atoms with E-state index in [9.17, 15) is 13.2 Å². The van der Waals surface area contributed by atoms with E-state index >= 15 is 0 Å². The van der Waals surface area contributed by atoms with Crippen molar-refractivity contribution < 1.29 is 17.6 Å². The average molecular weight is 221 g/mol. The maximum absolute atomic E-state index is 12.7. The molecule has 0 saturated heterocycles. The summed E-state index contributed by atoms with van der Waals surface area (Å²) < 4.78 is 43.0. The van der Waals surface area contributed by atoms with Crippen molar-refractivity contribution in [1.82, 2.24) is 5.32 Å². The van der Waals surface area contributed by atoms with Crippen LogP contribution < -0.4 is 5.32 Å². The summed E-state index contributed by atoms with van der Waals surface area (Å²) in [5, 5.41) is 2.71. The van der Waals surface area contributed by atoms with Gasteiger partial charge in [0.15, 0.2) is 0 Å². The van der Waals surface area contributed by atoms with Crippen LogP contribution in [0.3, 0.4) is 0 Å². The smallest absolute Gasteiger partial charge is 0.398 e. The van der Waals surface area contributed by atoms with Crippen LogP contribution >= 0.6 is 0 Å². The quantitative estimate of drug-likeness (QED) is 0.845. The Morgan fingerprint density at radius 2 is 2.07 bits per heavy atom. The third-order valence-electron chi connectivity index (χ3n) is 2.18. The van der Waals surface area contributed by atoms with Crippen LogP contribution in [0.1, 0.15) is 23.9 Å². The van der Waals surface area contributed by atoms with Crippen molar-refractivity contribution in [2.75, 3.05) is 13.6 Å². The van der Waals surface area contributed by atoms with Crippen molar-refractivity contribution in [2.24, 2.45) is 0 Å². The van der Waals surface area contributed by atoms with E-state index in [1.165, 1.54) is 6.07 Å². The highest BCUT2D eigenvalue weighted by molar-refractivity contribution is 5.12. The molecule has 0 aliphatic carbocycles. The van der Waals surface area contributed by atoms with E-state index in [1.807, 2.05) is 0 Å². The molecule has 1 N–H and O–H groups in total. The molecule has 1 aromatic rings. The lowest BCUT2D eigenvalue weighted by Crippen LogP contribution is -2.24. The SMILES string of the molecule is CNCCC(c1ccc(C)o1)C(F)(F)F. The maximum Gasteiger partial charge on any atom is 0.398 e. The van der Waals surface area contributed by atoms with E-state index in [1.54, 1.807) is 20.0 Å². The second-order valence-electron chi connectivity index (χ2n) is 3.43. The van der Waals surface area contributed by atoms with Crippen LogP contribution in [0.5, 0.6) is 0 Å². The Balaban J connectivity index is 2.81. The lowest BCUT2D eigenvalue weighted by Gasteiger charge is -2.17. The first-order valence-electron chi connectivity index (χ1n) is 4.73. The van der Waals surface area contributed by atoms with E-state index in [4.69, 9.17) is 4.42 Å². The van der Waals surface area contributed by atoms with Crippen molar-refractivity contribution in [3.63, 3.8) is 0 Å². The summed E-state index contributed by atoms with van der Waals surface area (Å²) in [5.74, 6) is -1.02. The Bertz CT molecular complexity index is 306. The third-order valence-corrected chi connectivity index (χ3v) is 2.18. The topological polar surface area (TPSA) is 25.2 Å². The fourth-order valence-corrected chi connectivity index (χ4v) is 1.40. The van der Waals surface area contributed by atoms with E-state index in [2.05, 4.69) is 5.32 Å². The van der Waals surface area contributed by atoms with E-state index < -0.39 is 12.1 Å². The summed E-state index contributed by atoms with van der Waals surface area (Å²) in [6, 6.07) is 2.94. The molecule has 1 heterocycles. The lowest BCUT2D eigenvalue weighted by atomic mass is 10.0. The molecule has 0 spiro atoms. The first kappa shape index (κ1) is 12.1. The second kappa shape index (κ2) is 4.70. The molecule has 5 heteroatoms. The van der Waals surface area contributed by atoms with Gasteiger partial charge in [-0.2, -0.15) is 13.2 Å². The van der Waals surface area contributed by atoms with Crippen LogP contribution in [0.4, 0.5) is 13.2 Å². The first-order valence-corrected chi connectivity index (χ1v) is 4.73. The summed E-state index contributed by atoms with van der Waals surface area (Å²) in [4.78, 5) is 0. The van der Waals surface area contributed by atoms with E-state index in [0.717, 1.165) is 0 Å². The average Bonchev–Trinajstić information content (AvgIpc) is 2.50. The van der Waals surface area contributed by atoms with Gasteiger partial charge in [-0.1, -0.05) is 0 Å². The molecule has 86 valence electrons. The molecular formula is C10H14F3NO. The summed E-state index contributed by atoms with van der Waals surface area (Å²) in [6.45, 7) is 1.94. The van der Waals surface area contributed by atoms with Gasteiger partial charge in [0.05, 0.1) is 0 Å². The van der Waals surface area contributed by atoms with Gasteiger partial charge in [0.25, 0.3) is 0 Å².